The molecule has 0 bridgehead atoms. The SMILES string of the molecule is O=[N+]([O-])c1c(Nc2ccccc2)ncnc1Nc1cccnc1. The number of aromatic nitrogens is 3. The maximum absolute atomic E-state index is 11.5. The summed E-state index contributed by atoms with van der Waals surface area (Å²) in [5, 5.41) is 17.3. The van der Waals surface area contributed by atoms with Crippen LogP contribution in [0.15, 0.2) is 61.2 Å². The van der Waals surface area contributed by atoms with E-state index >= 15 is 0 Å². The highest BCUT2D eigenvalue weighted by molar-refractivity contribution is 5.76. The molecular weight excluding hydrogens is 296 g/mol. The highest BCUT2D eigenvalue weighted by Crippen LogP contribution is 2.32. The predicted molar refractivity (Wildman–Crippen MR) is 85.9 cm³/mol. The Labute approximate surface area is 131 Å². The van der Waals surface area contributed by atoms with E-state index in [-0.39, 0.29) is 17.3 Å². The third-order valence-electron chi connectivity index (χ3n) is 2.97. The summed E-state index contributed by atoms with van der Waals surface area (Å²) in [6, 6.07) is 12.5. The first-order valence-electron chi connectivity index (χ1n) is 6.72. The van der Waals surface area contributed by atoms with Gasteiger partial charge in [-0.1, -0.05) is 18.2 Å². The number of anilines is 4. The number of pyridine rings is 1. The molecule has 0 spiro atoms. The molecule has 0 aliphatic heterocycles. The molecule has 0 radical (unpaired) electrons. The van der Waals surface area contributed by atoms with E-state index < -0.39 is 4.92 Å². The lowest BCUT2D eigenvalue weighted by Gasteiger charge is -2.09. The minimum absolute atomic E-state index is 0.0939. The number of nitrogens with one attached hydrogen (secondary N) is 2. The summed E-state index contributed by atoms with van der Waals surface area (Å²) in [6.45, 7) is 0. The van der Waals surface area contributed by atoms with Crippen LogP contribution in [0.1, 0.15) is 0 Å². The van der Waals surface area contributed by atoms with Gasteiger partial charge in [-0.2, -0.15) is 0 Å². The number of nitro groups is 1. The normalized spacial score (nSPS) is 10.1. The molecule has 2 heterocycles. The van der Waals surface area contributed by atoms with Gasteiger partial charge in [-0.25, -0.2) is 9.97 Å². The van der Waals surface area contributed by atoms with E-state index in [4.69, 9.17) is 0 Å². The largest absolute Gasteiger partial charge is 0.353 e. The molecule has 2 aromatic heterocycles. The average molecular weight is 308 g/mol. The second-order valence-corrected chi connectivity index (χ2v) is 4.53. The minimum Gasteiger partial charge on any atom is -0.334 e. The summed E-state index contributed by atoms with van der Waals surface area (Å²) >= 11 is 0. The first-order valence-corrected chi connectivity index (χ1v) is 6.72. The van der Waals surface area contributed by atoms with Gasteiger partial charge in [0.1, 0.15) is 6.33 Å². The predicted octanol–water partition coefficient (Wildman–Crippen LogP) is 3.27. The molecule has 0 aliphatic carbocycles. The van der Waals surface area contributed by atoms with Crippen molar-refractivity contribution in [2.45, 2.75) is 0 Å². The van der Waals surface area contributed by atoms with Crippen molar-refractivity contribution in [1.82, 2.24) is 15.0 Å². The zero-order valence-corrected chi connectivity index (χ0v) is 11.9. The van der Waals surface area contributed by atoms with Gasteiger partial charge in [0.05, 0.1) is 16.8 Å². The minimum atomic E-state index is -0.524. The zero-order chi connectivity index (χ0) is 16.1. The Bertz CT molecular complexity index is 751. The first-order chi connectivity index (χ1) is 11.2. The summed E-state index contributed by atoms with van der Waals surface area (Å²) in [4.78, 5) is 22.8. The number of para-hydroxylation sites is 1. The van der Waals surface area contributed by atoms with Crippen LogP contribution < -0.4 is 10.6 Å². The smallest absolute Gasteiger partial charge is 0.334 e. The van der Waals surface area contributed by atoms with Crippen LogP contribution in [0.2, 0.25) is 0 Å². The molecule has 23 heavy (non-hydrogen) atoms. The Balaban J connectivity index is 1.97. The second kappa shape index (κ2) is 6.48. The van der Waals surface area contributed by atoms with E-state index in [1.165, 1.54) is 6.33 Å². The average Bonchev–Trinajstić information content (AvgIpc) is 2.56. The monoisotopic (exact) mass is 308 g/mol. The van der Waals surface area contributed by atoms with Crippen LogP contribution in [0, 0.1) is 10.1 Å². The van der Waals surface area contributed by atoms with E-state index in [0.29, 0.717) is 11.4 Å². The molecule has 8 nitrogen and oxygen atoms in total. The van der Waals surface area contributed by atoms with Crippen LogP contribution in [0.4, 0.5) is 28.7 Å². The van der Waals surface area contributed by atoms with Crippen LogP contribution in [-0.2, 0) is 0 Å². The molecule has 3 aromatic rings. The van der Waals surface area contributed by atoms with Crippen molar-refractivity contribution in [2.75, 3.05) is 10.6 Å². The van der Waals surface area contributed by atoms with Gasteiger partial charge >= 0.3 is 5.69 Å². The van der Waals surface area contributed by atoms with Gasteiger partial charge in [-0.15, -0.1) is 0 Å². The lowest BCUT2D eigenvalue weighted by molar-refractivity contribution is -0.383. The van der Waals surface area contributed by atoms with Crippen molar-refractivity contribution in [3.05, 3.63) is 71.3 Å². The maximum atomic E-state index is 11.5. The van der Waals surface area contributed by atoms with Crippen molar-refractivity contribution in [3.8, 4) is 0 Å². The molecule has 0 atom stereocenters. The Kier molecular flexibility index (Phi) is 4.05. The third-order valence-corrected chi connectivity index (χ3v) is 2.97. The summed E-state index contributed by atoms with van der Waals surface area (Å²) in [5.74, 6) is 0.207. The number of hydrogen-bond acceptors (Lipinski definition) is 7. The van der Waals surface area contributed by atoms with Crippen LogP contribution >= 0.6 is 0 Å². The van der Waals surface area contributed by atoms with E-state index in [1.54, 1.807) is 36.7 Å². The molecule has 2 N–H and O–H groups in total. The Morgan fingerprint density at radius 2 is 1.57 bits per heavy atom. The summed E-state index contributed by atoms with van der Waals surface area (Å²) in [7, 11) is 0. The summed E-state index contributed by atoms with van der Waals surface area (Å²) in [6.07, 6.45) is 4.43. The first kappa shape index (κ1) is 14.4. The van der Waals surface area contributed by atoms with E-state index in [0.717, 1.165) is 0 Å². The molecule has 114 valence electrons. The summed E-state index contributed by atoms with van der Waals surface area (Å²) < 4.78 is 0. The molecule has 0 unspecified atom stereocenters. The number of rotatable bonds is 5. The quantitative estimate of drug-likeness (QED) is 0.550. The van der Waals surface area contributed by atoms with E-state index in [2.05, 4.69) is 25.6 Å². The lowest BCUT2D eigenvalue weighted by atomic mass is 10.3. The molecule has 0 amide bonds. The molecule has 0 saturated heterocycles. The Hall–Kier alpha value is -3.55. The molecule has 0 aliphatic rings. The van der Waals surface area contributed by atoms with Crippen LogP contribution in [0.25, 0.3) is 0 Å². The van der Waals surface area contributed by atoms with E-state index in [9.17, 15) is 10.1 Å². The molecule has 1 aromatic carbocycles. The molecule has 8 heteroatoms. The van der Waals surface area contributed by atoms with Crippen LogP contribution in [0.3, 0.4) is 0 Å². The fourth-order valence-electron chi connectivity index (χ4n) is 1.97. The van der Waals surface area contributed by atoms with Gasteiger partial charge in [0.2, 0.25) is 11.6 Å². The highest BCUT2D eigenvalue weighted by atomic mass is 16.6. The van der Waals surface area contributed by atoms with Crippen molar-refractivity contribution >= 4 is 28.7 Å². The van der Waals surface area contributed by atoms with Crippen molar-refractivity contribution in [2.24, 2.45) is 0 Å². The van der Waals surface area contributed by atoms with Crippen molar-refractivity contribution in [1.29, 1.82) is 0 Å². The number of benzene rings is 1. The molecule has 3 rings (SSSR count). The second-order valence-electron chi connectivity index (χ2n) is 4.53. The standard InChI is InChI=1S/C15H12N6O2/c22-21(23)13-14(19-11-5-2-1-3-6-11)17-10-18-15(13)20-12-7-4-8-16-9-12/h1-10H,(H2,17,18,19,20). The van der Waals surface area contributed by atoms with Gasteiger partial charge in [-0.3, -0.25) is 15.1 Å². The molecule has 0 saturated carbocycles. The van der Waals surface area contributed by atoms with Crippen LogP contribution in [0.5, 0.6) is 0 Å². The third kappa shape index (κ3) is 3.38. The maximum Gasteiger partial charge on any atom is 0.353 e. The fourth-order valence-corrected chi connectivity index (χ4v) is 1.97. The van der Waals surface area contributed by atoms with Gasteiger partial charge in [0.15, 0.2) is 0 Å². The van der Waals surface area contributed by atoms with Crippen molar-refractivity contribution in [3.63, 3.8) is 0 Å². The molecule has 0 fully saturated rings. The Morgan fingerprint density at radius 1 is 0.913 bits per heavy atom. The van der Waals surface area contributed by atoms with E-state index in [1.807, 2.05) is 18.2 Å². The van der Waals surface area contributed by atoms with Gasteiger partial charge in [0, 0.05) is 11.9 Å². The number of nitrogens with zero attached hydrogens (tertiary/aromatic N) is 4. The zero-order valence-electron chi connectivity index (χ0n) is 11.9. The number of hydrogen-bond donors (Lipinski definition) is 2. The molecular formula is C15H12N6O2. The topological polar surface area (TPSA) is 106 Å². The van der Waals surface area contributed by atoms with Crippen LogP contribution in [-0.4, -0.2) is 19.9 Å². The summed E-state index contributed by atoms with van der Waals surface area (Å²) in [5.41, 5.74) is 1.06. The lowest BCUT2D eigenvalue weighted by Crippen LogP contribution is -2.05. The highest BCUT2D eigenvalue weighted by Gasteiger charge is 2.23. The van der Waals surface area contributed by atoms with Gasteiger partial charge < -0.3 is 10.6 Å². The van der Waals surface area contributed by atoms with Gasteiger partial charge in [-0.05, 0) is 24.3 Å². The van der Waals surface area contributed by atoms with Gasteiger partial charge in [0.25, 0.3) is 0 Å². The van der Waals surface area contributed by atoms with Crippen molar-refractivity contribution < 1.29 is 4.92 Å². The Morgan fingerprint density at radius 3 is 2.17 bits per heavy atom. The fraction of sp³-hybridized carbons (Fsp3) is 0.